The molecule has 0 rings (SSSR count). The summed E-state index contributed by atoms with van der Waals surface area (Å²) in [6, 6.07) is 0. The Morgan fingerprint density at radius 1 is 1.60 bits per heavy atom. The third kappa shape index (κ3) is 4.68. The van der Waals surface area contributed by atoms with Crippen LogP contribution in [0.1, 0.15) is 33.6 Å². The molecule has 0 N–H and O–H groups in total. The lowest BCUT2D eigenvalue weighted by atomic mass is 10.4. The normalized spacial score (nSPS) is 12.7. The van der Waals surface area contributed by atoms with Crippen LogP contribution in [0.3, 0.4) is 0 Å². The maximum atomic E-state index is 10.6. The Kier molecular flexibility index (Phi) is 5.49. The molecule has 10 heavy (non-hydrogen) atoms. The molecule has 0 aromatic rings. The van der Waals surface area contributed by atoms with Gasteiger partial charge >= 0.3 is 5.97 Å². The molecular formula is C7H14O2S. The van der Waals surface area contributed by atoms with E-state index in [9.17, 15) is 4.79 Å². The summed E-state index contributed by atoms with van der Waals surface area (Å²) in [7, 11) is 0. The quantitative estimate of drug-likeness (QED) is 0.594. The van der Waals surface area contributed by atoms with Crippen LogP contribution in [-0.4, -0.2) is 11.2 Å². The smallest absolute Gasteiger partial charge is 0.317 e. The van der Waals surface area contributed by atoms with Gasteiger partial charge in [0.1, 0.15) is 0 Å². The van der Waals surface area contributed by atoms with E-state index < -0.39 is 0 Å². The zero-order valence-corrected chi connectivity index (χ0v) is 7.53. The summed E-state index contributed by atoms with van der Waals surface area (Å²) < 4.78 is 4.82. The van der Waals surface area contributed by atoms with Crippen molar-refractivity contribution in [3.8, 4) is 0 Å². The van der Waals surface area contributed by atoms with Crippen LogP contribution < -0.4 is 0 Å². The largest absolute Gasteiger partial charge is 0.391 e. The van der Waals surface area contributed by atoms with Gasteiger partial charge in [-0.2, -0.15) is 0 Å². The Balaban J connectivity index is 3.26. The first-order valence-corrected chi connectivity index (χ1v) is 4.37. The van der Waals surface area contributed by atoms with Crippen molar-refractivity contribution in [2.24, 2.45) is 0 Å². The topological polar surface area (TPSA) is 26.3 Å². The Morgan fingerprint density at radius 3 is 2.60 bits per heavy atom. The number of rotatable bonds is 4. The highest BCUT2D eigenvalue weighted by molar-refractivity contribution is 7.95. The average Bonchev–Trinajstić information content (AvgIpc) is 1.99. The number of carbonyl (C=O) groups is 1. The molecule has 2 nitrogen and oxygen atoms in total. The molecule has 0 aromatic carbocycles. The Hall–Kier alpha value is -0.180. The van der Waals surface area contributed by atoms with Crippen molar-refractivity contribution in [2.45, 2.75) is 38.9 Å². The van der Waals surface area contributed by atoms with Crippen LogP contribution in [0, 0.1) is 0 Å². The lowest BCUT2D eigenvalue weighted by Gasteiger charge is -2.05. The first-order chi connectivity index (χ1) is 4.70. The minimum atomic E-state index is -0.134. The summed E-state index contributed by atoms with van der Waals surface area (Å²) >= 11 is 1.26. The predicted molar refractivity (Wildman–Crippen MR) is 43.7 cm³/mol. The molecular weight excluding hydrogens is 148 g/mol. The van der Waals surface area contributed by atoms with Crippen LogP contribution in [0.25, 0.3) is 0 Å². The van der Waals surface area contributed by atoms with E-state index >= 15 is 0 Å². The van der Waals surface area contributed by atoms with Crippen LogP contribution in [0.5, 0.6) is 0 Å². The summed E-state index contributed by atoms with van der Waals surface area (Å²) in [6.45, 7) is 5.89. The van der Waals surface area contributed by atoms with Gasteiger partial charge in [-0.15, -0.1) is 0 Å². The number of hydrogen-bond donors (Lipinski definition) is 0. The number of carbonyl (C=O) groups excluding carboxylic acids is 1. The molecule has 0 aliphatic rings. The molecule has 0 spiro atoms. The minimum absolute atomic E-state index is 0.134. The maximum absolute atomic E-state index is 10.6. The second-order valence-electron chi connectivity index (χ2n) is 2.12. The lowest BCUT2D eigenvalue weighted by Crippen LogP contribution is -2.00. The first-order valence-electron chi connectivity index (χ1n) is 3.56. The summed E-state index contributed by atoms with van der Waals surface area (Å²) in [5, 5.41) is 0.412. The molecule has 1 atom stereocenters. The zero-order chi connectivity index (χ0) is 7.98. The molecule has 60 valence electrons. The molecule has 0 fully saturated rings. The molecule has 0 saturated carbocycles. The van der Waals surface area contributed by atoms with E-state index in [1.54, 1.807) is 6.92 Å². The van der Waals surface area contributed by atoms with Crippen molar-refractivity contribution >= 4 is 18.0 Å². The standard InChI is InChI=1S/C7H14O2S/c1-4-6(3)10-9-7(8)5-2/h6H,4-5H2,1-3H3. The fourth-order valence-electron chi connectivity index (χ4n) is 0.263. The third-order valence-corrected chi connectivity index (χ3v) is 2.11. The highest BCUT2D eigenvalue weighted by Gasteiger charge is 2.03. The van der Waals surface area contributed by atoms with E-state index in [4.69, 9.17) is 4.18 Å². The van der Waals surface area contributed by atoms with E-state index in [0.717, 1.165) is 6.42 Å². The van der Waals surface area contributed by atoms with Crippen LogP contribution in [0.4, 0.5) is 0 Å². The molecule has 0 aliphatic heterocycles. The molecule has 0 saturated heterocycles. The summed E-state index contributed by atoms with van der Waals surface area (Å²) in [5.41, 5.74) is 0. The van der Waals surface area contributed by atoms with Gasteiger partial charge in [-0.3, -0.25) is 4.79 Å². The van der Waals surface area contributed by atoms with Crippen LogP contribution in [0.2, 0.25) is 0 Å². The van der Waals surface area contributed by atoms with Crippen molar-refractivity contribution in [3.05, 3.63) is 0 Å². The molecule has 0 heterocycles. The van der Waals surface area contributed by atoms with E-state index in [-0.39, 0.29) is 5.97 Å². The highest BCUT2D eigenvalue weighted by Crippen LogP contribution is 2.15. The summed E-state index contributed by atoms with van der Waals surface area (Å²) in [5.74, 6) is -0.134. The first kappa shape index (κ1) is 9.82. The Morgan fingerprint density at radius 2 is 2.20 bits per heavy atom. The van der Waals surface area contributed by atoms with Gasteiger partial charge < -0.3 is 4.18 Å². The van der Waals surface area contributed by atoms with Crippen molar-refractivity contribution in [1.82, 2.24) is 0 Å². The van der Waals surface area contributed by atoms with E-state index in [1.165, 1.54) is 12.0 Å². The molecule has 0 amide bonds. The van der Waals surface area contributed by atoms with E-state index in [0.29, 0.717) is 11.7 Å². The highest BCUT2D eigenvalue weighted by atomic mass is 32.2. The van der Waals surface area contributed by atoms with Crippen LogP contribution in [0.15, 0.2) is 0 Å². The molecule has 1 unspecified atom stereocenters. The van der Waals surface area contributed by atoms with Crippen molar-refractivity contribution in [2.75, 3.05) is 0 Å². The summed E-state index contributed by atoms with van der Waals surface area (Å²) in [4.78, 5) is 10.6. The van der Waals surface area contributed by atoms with Gasteiger partial charge in [-0.1, -0.05) is 20.8 Å². The Bertz CT molecular complexity index is 104. The van der Waals surface area contributed by atoms with Crippen molar-refractivity contribution in [3.63, 3.8) is 0 Å². The van der Waals surface area contributed by atoms with Gasteiger partial charge in [0.05, 0.1) is 12.0 Å². The van der Waals surface area contributed by atoms with Gasteiger partial charge in [-0.25, -0.2) is 0 Å². The monoisotopic (exact) mass is 162 g/mol. The molecule has 0 aliphatic carbocycles. The second kappa shape index (κ2) is 5.59. The molecule has 3 heteroatoms. The fourth-order valence-corrected chi connectivity index (χ4v) is 0.788. The molecule has 0 bridgehead atoms. The van der Waals surface area contributed by atoms with Crippen LogP contribution in [-0.2, 0) is 8.98 Å². The predicted octanol–water partition coefficient (Wildman–Crippen LogP) is 2.39. The Labute approximate surface area is 66.5 Å². The zero-order valence-electron chi connectivity index (χ0n) is 6.72. The van der Waals surface area contributed by atoms with E-state index in [1.807, 2.05) is 6.92 Å². The lowest BCUT2D eigenvalue weighted by molar-refractivity contribution is -0.132. The van der Waals surface area contributed by atoms with Gasteiger partial charge in [0, 0.05) is 11.7 Å². The van der Waals surface area contributed by atoms with Gasteiger partial charge in [0.25, 0.3) is 0 Å². The fraction of sp³-hybridized carbons (Fsp3) is 0.857. The third-order valence-electron chi connectivity index (χ3n) is 1.17. The SMILES string of the molecule is CCC(=O)OSC(C)CC. The van der Waals surface area contributed by atoms with E-state index in [2.05, 4.69) is 6.92 Å². The van der Waals surface area contributed by atoms with Gasteiger partial charge in [0.15, 0.2) is 0 Å². The summed E-state index contributed by atoms with van der Waals surface area (Å²) in [6.07, 6.45) is 1.49. The molecule has 0 aromatic heterocycles. The van der Waals surface area contributed by atoms with Gasteiger partial charge in [-0.05, 0) is 6.42 Å². The minimum Gasteiger partial charge on any atom is -0.391 e. The van der Waals surface area contributed by atoms with Crippen molar-refractivity contribution < 1.29 is 8.98 Å². The van der Waals surface area contributed by atoms with Gasteiger partial charge in [0.2, 0.25) is 0 Å². The average molecular weight is 162 g/mol. The van der Waals surface area contributed by atoms with Crippen molar-refractivity contribution in [1.29, 1.82) is 0 Å². The van der Waals surface area contributed by atoms with Crippen LogP contribution >= 0.6 is 12.0 Å². The second-order valence-corrected chi connectivity index (χ2v) is 3.29. The number of hydrogen-bond acceptors (Lipinski definition) is 3. The maximum Gasteiger partial charge on any atom is 0.317 e. The molecule has 0 radical (unpaired) electrons.